The lowest BCUT2D eigenvalue weighted by Crippen LogP contribution is -2.50. The summed E-state index contributed by atoms with van der Waals surface area (Å²) in [6, 6.07) is 19.4. The van der Waals surface area contributed by atoms with Crippen LogP contribution in [0.25, 0.3) is 0 Å². The van der Waals surface area contributed by atoms with Gasteiger partial charge in [0.2, 0.25) is 5.91 Å². The summed E-state index contributed by atoms with van der Waals surface area (Å²) >= 11 is 0. The Labute approximate surface area is 209 Å². The molecule has 2 N–H and O–H groups in total. The van der Waals surface area contributed by atoms with Crippen LogP contribution in [0, 0.1) is 0 Å². The zero-order chi connectivity index (χ0) is 24.9. The van der Waals surface area contributed by atoms with Crippen LogP contribution in [0.4, 0.5) is 4.79 Å². The topological polar surface area (TPSA) is 70.7 Å². The molecule has 2 aromatic carbocycles. The lowest BCUT2D eigenvalue weighted by Gasteiger charge is -2.34. The number of carbonyl (C=O) groups is 2. The van der Waals surface area contributed by atoms with Gasteiger partial charge in [-0.1, -0.05) is 73.8 Å². The minimum atomic E-state index is -0.603. The number of likely N-dealkylation sites (tertiary alicyclic amines) is 1. The van der Waals surface area contributed by atoms with E-state index in [0.29, 0.717) is 25.4 Å². The minimum Gasteiger partial charge on any atom is -0.445 e. The first-order chi connectivity index (χ1) is 17.1. The quantitative estimate of drug-likeness (QED) is 0.329. The van der Waals surface area contributed by atoms with Gasteiger partial charge in [-0.05, 0) is 55.2 Å². The average molecular weight is 476 g/mol. The van der Waals surface area contributed by atoms with Crippen LogP contribution in [0.5, 0.6) is 0 Å². The first-order valence-corrected chi connectivity index (χ1v) is 12.4. The normalized spacial score (nSPS) is 14.6. The third-order valence-corrected chi connectivity index (χ3v) is 6.40. The van der Waals surface area contributed by atoms with E-state index < -0.39 is 12.1 Å². The number of benzene rings is 2. The molecule has 2 amide bonds. The third kappa shape index (κ3) is 8.63. The van der Waals surface area contributed by atoms with Gasteiger partial charge in [0.1, 0.15) is 12.6 Å². The Morgan fingerprint density at radius 1 is 1.03 bits per heavy atom. The van der Waals surface area contributed by atoms with Gasteiger partial charge in [0.05, 0.1) is 0 Å². The molecule has 0 radical (unpaired) electrons. The number of nitrogens with one attached hydrogen (secondary N) is 2. The highest BCUT2D eigenvalue weighted by Crippen LogP contribution is 2.28. The van der Waals surface area contributed by atoms with E-state index in [9.17, 15) is 9.59 Å². The van der Waals surface area contributed by atoms with E-state index in [2.05, 4.69) is 48.1 Å². The largest absolute Gasteiger partial charge is 0.445 e. The standard InChI is InChI=1S/C29H37N3O3/c1-3-23(2)30-19-11-10-16-27(31-29(34)35-22-24-12-6-4-7-13-24)28(33)32-20-17-26(18-21-32)25-14-8-5-9-15-25/h3-9,12-15,26-27,30H,1-2,10-11,16-22H2,(H,31,34)/t27-/m0/s1. The molecular weight excluding hydrogens is 438 g/mol. The molecular formula is C29H37N3O3. The van der Waals surface area contributed by atoms with Crippen LogP contribution in [0.15, 0.2) is 85.6 Å². The summed E-state index contributed by atoms with van der Waals surface area (Å²) in [4.78, 5) is 27.8. The van der Waals surface area contributed by atoms with Crippen LogP contribution in [0.3, 0.4) is 0 Å². The molecule has 1 heterocycles. The zero-order valence-electron chi connectivity index (χ0n) is 20.5. The summed E-state index contributed by atoms with van der Waals surface area (Å²) < 4.78 is 5.39. The van der Waals surface area contributed by atoms with Crippen LogP contribution in [0.2, 0.25) is 0 Å². The van der Waals surface area contributed by atoms with Crippen LogP contribution >= 0.6 is 0 Å². The molecule has 2 aromatic rings. The van der Waals surface area contributed by atoms with Crippen molar-refractivity contribution in [2.75, 3.05) is 19.6 Å². The Morgan fingerprint density at radius 2 is 1.69 bits per heavy atom. The van der Waals surface area contributed by atoms with E-state index >= 15 is 0 Å². The first kappa shape index (κ1) is 26.1. The molecule has 0 spiro atoms. The van der Waals surface area contributed by atoms with Gasteiger partial charge in [0.15, 0.2) is 0 Å². The lowest BCUT2D eigenvalue weighted by atomic mass is 9.89. The number of unbranched alkanes of at least 4 members (excludes halogenated alkanes) is 1. The highest BCUT2D eigenvalue weighted by Gasteiger charge is 2.30. The second-order valence-corrected chi connectivity index (χ2v) is 8.92. The van der Waals surface area contributed by atoms with Crippen molar-refractivity contribution in [3.8, 4) is 0 Å². The molecule has 1 aliphatic rings. The van der Waals surface area contributed by atoms with Gasteiger partial charge in [0.25, 0.3) is 0 Å². The van der Waals surface area contributed by atoms with E-state index in [1.807, 2.05) is 41.3 Å². The van der Waals surface area contributed by atoms with Crippen molar-refractivity contribution in [1.82, 2.24) is 15.5 Å². The van der Waals surface area contributed by atoms with Gasteiger partial charge in [-0.15, -0.1) is 0 Å². The second-order valence-electron chi connectivity index (χ2n) is 8.92. The van der Waals surface area contributed by atoms with Crippen molar-refractivity contribution in [2.45, 2.75) is 50.7 Å². The van der Waals surface area contributed by atoms with Crippen LogP contribution in [0.1, 0.15) is 49.1 Å². The molecule has 1 saturated heterocycles. The maximum Gasteiger partial charge on any atom is 0.408 e. The van der Waals surface area contributed by atoms with Crippen molar-refractivity contribution < 1.29 is 14.3 Å². The third-order valence-electron chi connectivity index (χ3n) is 6.40. The minimum absolute atomic E-state index is 0.0309. The molecule has 0 bridgehead atoms. The molecule has 0 unspecified atom stereocenters. The number of allylic oxidation sites excluding steroid dienone is 1. The fraction of sp³-hybridized carbons (Fsp3) is 0.379. The van der Waals surface area contributed by atoms with E-state index in [1.165, 1.54) is 5.56 Å². The molecule has 1 fully saturated rings. The van der Waals surface area contributed by atoms with Crippen molar-refractivity contribution in [3.63, 3.8) is 0 Å². The molecule has 6 nitrogen and oxygen atoms in total. The van der Waals surface area contributed by atoms with Crippen molar-refractivity contribution in [3.05, 3.63) is 96.7 Å². The average Bonchev–Trinajstić information content (AvgIpc) is 2.91. The second kappa shape index (κ2) is 14.0. The predicted molar refractivity (Wildman–Crippen MR) is 140 cm³/mol. The number of piperidine rings is 1. The van der Waals surface area contributed by atoms with E-state index in [1.54, 1.807) is 6.08 Å². The zero-order valence-corrected chi connectivity index (χ0v) is 20.5. The van der Waals surface area contributed by atoms with Gasteiger partial charge in [-0.3, -0.25) is 4.79 Å². The Bertz CT molecular complexity index is 954. The van der Waals surface area contributed by atoms with E-state index in [0.717, 1.165) is 43.5 Å². The Kier molecular flexibility index (Phi) is 10.4. The number of nitrogens with zero attached hydrogens (tertiary/aromatic N) is 1. The van der Waals surface area contributed by atoms with E-state index in [4.69, 9.17) is 4.74 Å². The Balaban J connectivity index is 1.53. The number of rotatable bonds is 12. The molecule has 0 aromatic heterocycles. The summed E-state index contributed by atoms with van der Waals surface area (Å²) in [6.07, 6.45) is 5.16. The number of amides is 2. The van der Waals surface area contributed by atoms with E-state index in [-0.39, 0.29) is 12.5 Å². The highest BCUT2D eigenvalue weighted by molar-refractivity contribution is 5.85. The van der Waals surface area contributed by atoms with Crippen LogP contribution in [-0.4, -0.2) is 42.6 Å². The number of alkyl carbamates (subject to hydrolysis) is 1. The smallest absolute Gasteiger partial charge is 0.408 e. The molecule has 186 valence electrons. The maximum absolute atomic E-state index is 13.4. The first-order valence-electron chi connectivity index (χ1n) is 12.4. The number of hydrogen-bond donors (Lipinski definition) is 2. The number of hydrogen-bond acceptors (Lipinski definition) is 4. The summed E-state index contributed by atoms with van der Waals surface area (Å²) in [6.45, 7) is 9.82. The molecule has 1 atom stereocenters. The molecule has 6 heteroatoms. The van der Waals surface area contributed by atoms with Gasteiger partial charge in [-0.2, -0.15) is 0 Å². The summed E-state index contributed by atoms with van der Waals surface area (Å²) in [7, 11) is 0. The van der Waals surface area contributed by atoms with Gasteiger partial charge >= 0.3 is 6.09 Å². The molecule has 35 heavy (non-hydrogen) atoms. The highest BCUT2D eigenvalue weighted by atomic mass is 16.5. The Morgan fingerprint density at radius 3 is 2.34 bits per heavy atom. The number of carbonyl (C=O) groups excluding carboxylic acids is 2. The fourth-order valence-electron chi connectivity index (χ4n) is 4.34. The summed E-state index contributed by atoms with van der Waals surface area (Å²) in [5.41, 5.74) is 3.01. The van der Waals surface area contributed by atoms with Gasteiger partial charge < -0.3 is 20.3 Å². The predicted octanol–water partition coefficient (Wildman–Crippen LogP) is 5.15. The van der Waals surface area contributed by atoms with Crippen molar-refractivity contribution in [2.24, 2.45) is 0 Å². The van der Waals surface area contributed by atoms with Gasteiger partial charge in [-0.25, -0.2) is 4.79 Å². The summed E-state index contributed by atoms with van der Waals surface area (Å²) in [5, 5.41) is 6.01. The molecule has 3 rings (SSSR count). The lowest BCUT2D eigenvalue weighted by molar-refractivity contribution is -0.134. The molecule has 0 saturated carbocycles. The van der Waals surface area contributed by atoms with Crippen molar-refractivity contribution >= 4 is 12.0 Å². The maximum atomic E-state index is 13.4. The molecule has 0 aliphatic carbocycles. The Hall–Kier alpha value is -3.54. The number of ether oxygens (including phenoxy) is 1. The SMILES string of the molecule is C=CC(=C)NCCCC[C@H](NC(=O)OCc1ccccc1)C(=O)N1CCC(c2ccccc2)CC1. The monoisotopic (exact) mass is 475 g/mol. The van der Waals surface area contributed by atoms with Crippen LogP contribution in [-0.2, 0) is 16.1 Å². The fourth-order valence-corrected chi connectivity index (χ4v) is 4.34. The summed E-state index contributed by atoms with van der Waals surface area (Å²) in [5.74, 6) is 0.433. The van der Waals surface area contributed by atoms with Crippen LogP contribution < -0.4 is 10.6 Å². The van der Waals surface area contributed by atoms with Gasteiger partial charge in [0, 0.05) is 25.3 Å². The molecule has 1 aliphatic heterocycles. The van der Waals surface area contributed by atoms with Crippen molar-refractivity contribution in [1.29, 1.82) is 0 Å².